The highest BCUT2D eigenvalue weighted by Gasteiger charge is 2.31. The molecule has 0 N–H and O–H groups in total. The van der Waals surface area contributed by atoms with E-state index in [4.69, 9.17) is 14.2 Å². The third-order valence-electron chi connectivity index (χ3n) is 3.83. The summed E-state index contributed by atoms with van der Waals surface area (Å²) in [7, 11) is 2.96. The quantitative estimate of drug-likeness (QED) is 0.857. The van der Waals surface area contributed by atoms with Crippen LogP contribution in [0.4, 0.5) is 5.69 Å². The summed E-state index contributed by atoms with van der Waals surface area (Å²) in [4.78, 5) is 22.9. The lowest BCUT2D eigenvalue weighted by atomic mass is 10.1. The molecule has 0 aliphatic carbocycles. The summed E-state index contributed by atoms with van der Waals surface area (Å²) in [5.74, 6) is 0.940. The molecule has 1 aliphatic heterocycles. The van der Waals surface area contributed by atoms with Crippen molar-refractivity contribution in [2.75, 3.05) is 25.7 Å². The van der Waals surface area contributed by atoms with E-state index >= 15 is 0 Å². The second kappa shape index (κ2) is 6.74. The molecule has 1 aliphatic rings. The average Bonchev–Trinajstić information content (AvgIpc) is 2.65. The molecular formula is C17H19N3O4. The number of aromatic nitrogens is 2. The first-order valence-electron chi connectivity index (χ1n) is 7.70. The topological polar surface area (TPSA) is 73.8 Å². The molecule has 1 atom stereocenters. The molecule has 24 heavy (non-hydrogen) atoms. The minimum atomic E-state index is -0.318. The van der Waals surface area contributed by atoms with Crippen molar-refractivity contribution in [3.05, 3.63) is 36.2 Å². The zero-order valence-corrected chi connectivity index (χ0v) is 13.9. The number of hydrogen-bond acceptors (Lipinski definition) is 6. The highest BCUT2D eigenvalue weighted by molar-refractivity contribution is 6.05. The Kier molecular flexibility index (Phi) is 4.50. The summed E-state index contributed by atoms with van der Waals surface area (Å²) >= 11 is 0. The van der Waals surface area contributed by atoms with Crippen LogP contribution in [-0.4, -0.2) is 42.7 Å². The highest BCUT2D eigenvalue weighted by atomic mass is 16.5. The molecular weight excluding hydrogens is 310 g/mol. The minimum absolute atomic E-state index is 0.0257. The van der Waals surface area contributed by atoms with E-state index < -0.39 is 0 Å². The van der Waals surface area contributed by atoms with Gasteiger partial charge >= 0.3 is 0 Å². The van der Waals surface area contributed by atoms with Gasteiger partial charge in [0.15, 0.2) is 0 Å². The molecule has 3 rings (SSSR count). The summed E-state index contributed by atoms with van der Waals surface area (Å²) in [5.41, 5.74) is 0.706. The summed E-state index contributed by atoms with van der Waals surface area (Å²) in [6.07, 6.45) is 0.719. The third-order valence-corrected chi connectivity index (χ3v) is 3.83. The number of hydrogen-bond donors (Lipinski definition) is 0. The van der Waals surface area contributed by atoms with Gasteiger partial charge in [-0.25, -0.2) is 0 Å². The Labute approximate surface area is 140 Å². The molecule has 7 nitrogen and oxygen atoms in total. The number of methoxy groups -OCH3 is 2. The van der Waals surface area contributed by atoms with E-state index in [1.807, 2.05) is 31.2 Å². The summed E-state index contributed by atoms with van der Waals surface area (Å²) in [6, 6.07) is 8.96. The molecule has 2 aromatic rings. The van der Waals surface area contributed by atoms with Crippen molar-refractivity contribution in [1.82, 2.24) is 9.97 Å². The lowest BCUT2D eigenvalue weighted by Crippen LogP contribution is -2.43. The molecule has 0 fully saturated rings. The number of fused-ring (bicyclic) bond motifs is 1. The van der Waals surface area contributed by atoms with Gasteiger partial charge in [0.1, 0.15) is 11.9 Å². The van der Waals surface area contributed by atoms with Crippen LogP contribution in [0.2, 0.25) is 0 Å². The lowest BCUT2D eigenvalue weighted by molar-refractivity contribution is 0.0942. The maximum Gasteiger partial charge on any atom is 0.296 e. The minimum Gasteiger partial charge on any atom is -0.486 e. The van der Waals surface area contributed by atoms with Gasteiger partial charge in [0.2, 0.25) is 17.6 Å². The van der Waals surface area contributed by atoms with Crippen molar-refractivity contribution in [2.24, 2.45) is 0 Å². The van der Waals surface area contributed by atoms with Crippen molar-refractivity contribution in [3.63, 3.8) is 0 Å². The molecule has 2 heterocycles. The number of ether oxygens (including phenoxy) is 3. The fourth-order valence-electron chi connectivity index (χ4n) is 2.53. The second-order valence-electron chi connectivity index (χ2n) is 5.31. The number of nitrogens with zero attached hydrogens (tertiary/aromatic N) is 3. The normalized spacial score (nSPS) is 16.1. The van der Waals surface area contributed by atoms with Gasteiger partial charge in [0, 0.05) is 0 Å². The Morgan fingerprint density at radius 3 is 2.54 bits per heavy atom. The van der Waals surface area contributed by atoms with E-state index in [9.17, 15) is 4.79 Å². The summed E-state index contributed by atoms with van der Waals surface area (Å²) in [6.45, 7) is 2.46. The Hall–Kier alpha value is -2.83. The van der Waals surface area contributed by atoms with Gasteiger partial charge in [-0.05, 0) is 18.6 Å². The molecule has 0 saturated carbocycles. The van der Waals surface area contributed by atoms with E-state index in [0.29, 0.717) is 18.0 Å². The number of carbonyl (C=O) groups is 1. The number of para-hydroxylation sites is 2. The van der Waals surface area contributed by atoms with Crippen LogP contribution in [0.25, 0.3) is 0 Å². The molecule has 1 aromatic carbocycles. The van der Waals surface area contributed by atoms with Crippen molar-refractivity contribution in [1.29, 1.82) is 0 Å². The van der Waals surface area contributed by atoms with E-state index in [2.05, 4.69) is 9.97 Å². The molecule has 0 spiro atoms. The monoisotopic (exact) mass is 329 g/mol. The number of carbonyl (C=O) groups excluding carboxylic acids is 1. The number of anilines is 1. The molecule has 126 valence electrons. The predicted molar refractivity (Wildman–Crippen MR) is 88.0 cm³/mol. The van der Waals surface area contributed by atoms with Crippen LogP contribution in [0.5, 0.6) is 17.5 Å². The predicted octanol–water partition coefficient (Wildman–Crippen LogP) is 2.31. The van der Waals surface area contributed by atoms with Gasteiger partial charge in [0.05, 0.1) is 32.5 Å². The summed E-state index contributed by atoms with van der Waals surface area (Å²) < 4.78 is 16.1. The maximum atomic E-state index is 13.0. The Morgan fingerprint density at radius 2 is 1.92 bits per heavy atom. The zero-order valence-electron chi connectivity index (χ0n) is 13.9. The largest absolute Gasteiger partial charge is 0.486 e. The van der Waals surface area contributed by atoms with Gasteiger partial charge in [-0.2, -0.15) is 9.97 Å². The third kappa shape index (κ3) is 2.97. The van der Waals surface area contributed by atoms with E-state index in [-0.39, 0.29) is 29.6 Å². The van der Waals surface area contributed by atoms with Crippen molar-refractivity contribution in [2.45, 2.75) is 19.4 Å². The van der Waals surface area contributed by atoms with E-state index in [1.165, 1.54) is 20.3 Å². The molecule has 0 saturated heterocycles. The first-order valence-corrected chi connectivity index (χ1v) is 7.70. The molecule has 1 aromatic heterocycles. The number of benzene rings is 1. The van der Waals surface area contributed by atoms with Crippen LogP contribution >= 0.6 is 0 Å². The first-order chi connectivity index (χ1) is 11.7. The van der Waals surface area contributed by atoms with Crippen LogP contribution in [0, 0.1) is 0 Å². The number of rotatable bonds is 4. The van der Waals surface area contributed by atoms with Crippen LogP contribution in [0.1, 0.15) is 24.0 Å². The zero-order chi connectivity index (χ0) is 17.1. The molecule has 0 radical (unpaired) electrons. The van der Waals surface area contributed by atoms with Crippen LogP contribution in [0.3, 0.4) is 0 Å². The van der Waals surface area contributed by atoms with Crippen molar-refractivity contribution >= 4 is 11.6 Å². The first kappa shape index (κ1) is 16.0. The number of amides is 1. The fraction of sp³-hybridized carbons (Fsp3) is 0.353. The molecule has 7 heteroatoms. The standard InChI is InChI=1S/C17H19N3O4/c1-4-11-10-20(12-7-5-6-8-13(12)24-11)17(21)16-18-14(22-2)9-15(19-16)23-3/h5-9,11H,4,10H2,1-3H3. The molecule has 1 unspecified atom stereocenters. The smallest absolute Gasteiger partial charge is 0.296 e. The van der Waals surface area contributed by atoms with E-state index in [0.717, 1.165) is 6.42 Å². The average molecular weight is 329 g/mol. The van der Waals surface area contributed by atoms with Gasteiger partial charge in [-0.1, -0.05) is 19.1 Å². The van der Waals surface area contributed by atoms with Crippen LogP contribution < -0.4 is 19.1 Å². The van der Waals surface area contributed by atoms with Crippen molar-refractivity contribution in [3.8, 4) is 17.5 Å². The Bertz CT molecular complexity index is 728. The lowest BCUT2D eigenvalue weighted by Gasteiger charge is -2.34. The van der Waals surface area contributed by atoms with Gasteiger partial charge in [0.25, 0.3) is 5.91 Å². The van der Waals surface area contributed by atoms with Gasteiger partial charge < -0.3 is 14.2 Å². The summed E-state index contributed by atoms with van der Waals surface area (Å²) in [5, 5.41) is 0. The van der Waals surface area contributed by atoms with Crippen molar-refractivity contribution < 1.29 is 19.0 Å². The fourth-order valence-corrected chi connectivity index (χ4v) is 2.53. The highest BCUT2D eigenvalue weighted by Crippen LogP contribution is 2.34. The SMILES string of the molecule is CCC1CN(C(=O)c2nc(OC)cc(OC)n2)c2ccccc2O1. The molecule has 1 amide bonds. The Balaban J connectivity index is 2.00. The van der Waals surface area contributed by atoms with Gasteiger partial charge in [-0.3, -0.25) is 9.69 Å². The second-order valence-corrected chi connectivity index (χ2v) is 5.31. The van der Waals surface area contributed by atoms with E-state index in [1.54, 1.807) is 4.90 Å². The van der Waals surface area contributed by atoms with Gasteiger partial charge in [-0.15, -0.1) is 0 Å². The molecule has 0 bridgehead atoms. The van der Waals surface area contributed by atoms with Crippen LogP contribution in [0.15, 0.2) is 30.3 Å². The Morgan fingerprint density at radius 1 is 1.25 bits per heavy atom. The van der Waals surface area contributed by atoms with Crippen LogP contribution in [-0.2, 0) is 0 Å². The maximum absolute atomic E-state index is 13.0.